The zero-order valence-corrected chi connectivity index (χ0v) is 12.3. The third-order valence-electron chi connectivity index (χ3n) is 3.79. The lowest BCUT2D eigenvalue weighted by Gasteiger charge is -2.17. The van der Waals surface area contributed by atoms with Gasteiger partial charge in [0.05, 0.1) is 5.56 Å². The molecule has 0 aliphatic heterocycles. The Balaban J connectivity index is 2.16. The fourth-order valence-corrected chi connectivity index (χ4v) is 2.73. The van der Waals surface area contributed by atoms with E-state index in [1.807, 2.05) is 60.7 Å². The second-order valence-electron chi connectivity index (χ2n) is 5.36. The predicted molar refractivity (Wildman–Crippen MR) is 86.1 cm³/mol. The van der Waals surface area contributed by atoms with Gasteiger partial charge in [0, 0.05) is 0 Å². The average Bonchev–Trinajstić information content (AvgIpc) is 2.56. The van der Waals surface area contributed by atoms with Crippen LogP contribution in [0, 0.1) is 0 Å². The Kier molecular flexibility index (Phi) is 4.20. The van der Waals surface area contributed by atoms with Crippen LogP contribution in [0.1, 0.15) is 16.7 Å². The highest BCUT2D eigenvalue weighted by molar-refractivity contribution is 5.69. The van der Waals surface area contributed by atoms with E-state index in [1.54, 1.807) is 6.07 Å². The van der Waals surface area contributed by atoms with Crippen LogP contribution in [0.5, 0.6) is 0 Å². The molecule has 23 heavy (non-hydrogen) atoms. The second-order valence-corrected chi connectivity index (χ2v) is 5.36. The maximum Gasteiger partial charge on any atom is 0.416 e. The highest BCUT2D eigenvalue weighted by atomic mass is 19.4. The topological polar surface area (TPSA) is 0 Å². The molecule has 0 radical (unpaired) electrons. The summed E-state index contributed by atoms with van der Waals surface area (Å²) in [6, 6.07) is 22.8. The standard InChI is InChI=1S/C20H15F3/c21-20(22,23)19-13-7-12-17(16-10-5-2-6-11-16)18(19)14-15-8-3-1-4-9-15/h1-13H,14H2. The van der Waals surface area contributed by atoms with Gasteiger partial charge in [-0.1, -0.05) is 72.8 Å². The minimum atomic E-state index is -4.37. The molecule has 0 fully saturated rings. The molecule has 0 aliphatic rings. The molecule has 116 valence electrons. The van der Waals surface area contributed by atoms with Crippen molar-refractivity contribution in [3.8, 4) is 11.1 Å². The van der Waals surface area contributed by atoms with Gasteiger partial charge in [-0.25, -0.2) is 0 Å². The Hall–Kier alpha value is -2.55. The Bertz CT molecular complexity index is 775. The molecule has 0 bridgehead atoms. The third kappa shape index (κ3) is 3.45. The Morgan fingerprint density at radius 1 is 0.652 bits per heavy atom. The van der Waals surface area contributed by atoms with Gasteiger partial charge in [0.1, 0.15) is 0 Å². The normalized spacial score (nSPS) is 11.4. The molecule has 0 nitrogen and oxygen atoms in total. The summed E-state index contributed by atoms with van der Waals surface area (Å²) >= 11 is 0. The minimum Gasteiger partial charge on any atom is -0.166 e. The first kappa shape index (κ1) is 15.3. The summed E-state index contributed by atoms with van der Waals surface area (Å²) < 4.78 is 40.3. The van der Waals surface area contributed by atoms with Gasteiger partial charge in [0.15, 0.2) is 0 Å². The molecule has 3 aromatic rings. The molecule has 0 saturated carbocycles. The zero-order valence-electron chi connectivity index (χ0n) is 12.3. The van der Waals surface area contributed by atoms with Crippen molar-refractivity contribution in [2.45, 2.75) is 12.6 Å². The van der Waals surface area contributed by atoms with E-state index in [9.17, 15) is 13.2 Å². The minimum absolute atomic E-state index is 0.251. The van der Waals surface area contributed by atoms with Gasteiger partial charge < -0.3 is 0 Å². The van der Waals surface area contributed by atoms with Crippen LogP contribution in [0.15, 0.2) is 78.9 Å². The highest BCUT2D eigenvalue weighted by Gasteiger charge is 2.34. The second kappa shape index (κ2) is 6.29. The smallest absolute Gasteiger partial charge is 0.166 e. The number of rotatable bonds is 3. The fraction of sp³-hybridized carbons (Fsp3) is 0.100. The van der Waals surface area contributed by atoms with Gasteiger partial charge in [0.2, 0.25) is 0 Å². The van der Waals surface area contributed by atoms with Crippen molar-refractivity contribution < 1.29 is 13.2 Å². The molecule has 3 rings (SSSR count). The van der Waals surface area contributed by atoms with Crippen LogP contribution in [0.4, 0.5) is 13.2 Å². The number of hydrogen-bond donors (Lipinski definition) is 0. The lowest BCUT2D eigenvalue weighted by atomic mass is 9.91. The average molecular weight is 312 g/mol. The first-order valence-corrected chi connectivity index (χ1v) is 7.34. The molecular weight excluding hydrogens is 297 g/mol. The largest absolute Gasteiger partial charge is 0.416 e. The molecule has 0 amide bonds. The summed E-state index contributed by atoms with van der Waals surface area (Å²) in [5.74, 6) is 0. The molecule has 0 N–H and O–H groups in total. The van der Waals surface area contributed by atoms with E-state index in [4.69, 9.17) is 0 Å². The van der Waals surface area contributed by atoms with Crippen LogP contribution in [-0.2, 0) is 12.6 Å². The number of alkyl halides is 3. The van der Waals surface area contributed by atoms with Crippen LogP contribution in [-0.4, -0.2) is 0 Å². The molecule has 0 heterocycles. The predicted octanol–water partition coefficient (Wildman–Crippen LogP) is 5.96. The number of hydrogen-bond acceptors (Lipinski definition) is 0. The van der Waals surface area contributed by atoms with Gasteiger partial charge in [-0.2, -0.15) is 13.2 Å². The Morgan fingerprint density at radius 2 is 1.26 bits per heavy atom. The molecule has 0 saturated heterocycles. The van der Waals surface area contributed by atoms with Crippen molar-refractivity contribution >= 4 is 0 Å². The quantitative estimate of drug-likeness (QED) is 0.559. The molecule has 3 aromatic carbocycles. The van der Waals surface area contributed by atoms with E-state index >= 15 is 0 Å². The van der Waals surface area contributed by atoms with Gasteiger partial charge in [-0.3, -0.25) is 0 Å². The maximum absolute atomic E-state index is 13.4. The van der Waals surface area contributed by atoms with E-state index in [0.717, 1.165) is 17.2 Å². The molecule has 0 atom stereocenters. The van der Waals surface area contributed by atoms with Gasteiger partial charge in [-0.05, 0) is 34.7 Å². The lowest BCUT2D eigenvalue weighted by Crippen LogP contribution is -2.10. The summed E-state index contributed by atoms with van der Waals surface area (Å²) in [6.45, 7) is 0. The molecule has 0 spiro atoms. The van der Waals surface area contributed by atoms with Crippen LogP contribution >= 0.6 is 0 Å². The van der Waals surface area contributed by atoms with Crippen LogP contribution in [0.3, 0.4) is 0 Å². The van der Waals surface area contributed by atoms with Crippen LogP contribution in [0.2, 0.25) is 0 Å². The first-order valence-electron chi connectivity index (χ1n) is 7.34. The van der Waals surface area contributed by atoms with E-state index in [0.29, 0.717) is 11.1 Å². The van der Waals surface area contributed by atoms with Crippen LogP contribution < -0.4 is 0 Å². The molecular formula is C20H15F3. The van der Waals surface area contributed by atoms with Gasteiger partial charge >= 0.3 is 6.18 Å². The SMILES string of the molecule is FC(F)(F)c1cccc(-c2ccccc2)c1Cc1ccccc1. The number of benzene rings is 3. The van der Waals surface area contributed by atoms with E-state index in [2.05, 4.69) is 0 Å². The summed E-state index contributed by atoms with van der Waals surface area (Å²) in [5, 5.41) is 0. The van der Waals surface area contributed by atoms with E-state index in [-0.39, 0.29) is 6.42 Å². The van der Waals surface area contributed by atoms with Crippen molar-refractivity contribution in [1.82, 2.24) is 0 Å². The Morgan fingerprint density at radius 3 is 1.87 bits per heavy atom. The lowest BCUT2D eigenvalue weighted by molar-refractivity contribution is -0.138. The van der Waals surface area contributed by atoms with Crippen molar-refractivity contribution in [1.29, 1.82) is 0 Å². The third-order valence-corrected chi connectivity index (χ3v) is 3.79. The zero-order chi connectivity index (χ0) is 16.3. The van der Waals surface area contributed by atoms with Crippen molar-refractivity contribution in [2.75, 3.05) is 0 Å². The van der Waals surface area contributed by atoms with Crippen LogP contribution in [0.25, 0.3) is 11.1 Å². The fourth-order valence-electron chi connectivity index (χ4n) is 2.73. The molecule has 0 aromatic heterocycles. The first-order chi connectivity index (χ1) is 11.1. The molecule has 3 heteroatoms. The summed E-state index contributed by atoms with van der Waals surface area (Å²) in [6.07, 6.45) is -4.12. The van der Waals surface area contributed by atoms with Gasteiger partial charge in [0.25, 0.3) is 0 Å². The van der Waals surface area contributed by atoms with E-state index in [1.165, 1.54) is 6.07 Å². The van der Waals surface area contributed by atoms with Crippen molar-refractivity contribution in [3.05, 3.63) is 95.6 Å². The summed E-state index contributed by atoms with van der Waals surface area (Å²) in [5.41, 5.74) is 2.04. The van der Waals surface area contributed by atoms with Gasteiger partial charge in [-0.15, -0.1) is 0 Å². The molecule has 0 aliphatic carbocycles. The maximum atomic E-state index is 13.4. The summed E-state index contributed by atoms with van der Waals surface area (Å²) in [4.78, 5) is 0. The monoisotopic (exact) mass is 312 g/mol. The summed E-state index contributed by atoms with van der Waals surface area (Å²) in [7, 11) is 0. The van der Waals surface area contributed by atoms with Crippen molar-refractivity contribution in [2.24, 2.45) is 0 Å². The Labute approximate surface area is 133 Å². The van der Waals surface area contributed by atoms with Crippen molar-refractivity contribution in [3.63, 3.8) is 0 Å². The highest BCUT2D eigenvalue weighted by Crippen LogP contribution is 2.37. The van der Waals surface area contributed by atoms with E-state index < -0.39 is 11.7 Å². The number of halogens is 3. The molecule has 0 unspecified atom stereocenters.